The van der Waals surface area contributed by atoms with E-state index in [0.717, 1.165) is 25.1 Å². The second-order valence-electron chi connectivity index (χ2n) is 4.20. The van der Waals surface area contributed by atoms with E-state index in [1.165, 1.54) is 11.3 Å². The van der Waals surface area contributed by atoms with Crippen LogP contribution in [0, 0.1) is 0 Å². The van der Waals surface area contributed by atoms with Crippen LogP contribution < -0.4 is 4.74 Å². The summed E-state index contributed by atoms with van der Waals surface area (Å²) in [7, 11) is 0. The first-order valence-electron chi connectivity index (χ1n) is 5.75. The zero-order valence-corrected chi connectivity index (χ0v) is 9.23. The van der Waals surface area contributed by atoms with E-state index < -0.39 is 0 Å². The van der Waals surface area contributed by atoms with Gasteiger partial charge in [-0.15, -0.1) is 0 Å². The van der Waals surface area contributed by atoms with Crippen molar-refractivity contribution in [3.63, 3.8) is 0 Å². The molecular formula is C14H15NO. The third-order valence-corrected chi connectivity index (χ3v) is 3.11. The normalized spacial score (nSPS) is 18.8. The van der Waals surface area contributed by atoms with E-state index in [0.29, 0.717) is 6.73 Å². The minimum Gasteiger partial charge on any atom is -0.473 e. The maximum Gasteiger partial charge on any atom is 0.161 e. The van der Waals surface area contributed by atoms with E-state index in [1.54, 1.807) is 0 Å². The highest BCUT2D eigenvalue weighted by Gasteiger charge is 2.18. The zero-order chi connectivity index (χ0) is 10.8. The molecule has 0 spiro atoms. The van der Waals surface area contributed by atoms with Crippen LogP contribution >= 0.6 is 0 Å². The quantitative estimate of drug-likeness (QED) is 0.711. The molecule has 2 nitrogen and oxygen atoms in total. The molecule has 16 heavy (non-hydrogen) atoms. The minimum absolute atomic E-state index is 0.677. The van der Waals surface area contributed by atoms with Gasteiger partial charge in [0.1, 0.15) is 5.75 Å². The van der Waals surface area contributed by atoms with E-state index in [2.05, 4.69) is 35.3 Å². The molecule has 0 radical (unpaired) electrons. The molecule has 3 rings (SSSR count). The molecule has 0 fully saturated rings. The summed E-state index contributed by atoms with van der Waals surface area (Å²) in [5, 5.41) is 0. The van der Waals surface area contributed by atoms with Crippen molar-refractivity contribution in [2.24, 2.45) is 0 Å². The molecular weight excluding hydrogens is 198 g/mol. The molecule has 1 aromatic rings. The van der Waals surface area contributed by atoms with Gasteiger partial charge in [0, 0.05) is 17.8 Å². The number of nitrogens with zero attached hydrogens (tertiary/aromatic N) is 1. The first-order valence-corrected chi connectivity index (χ1v) is 5.75. The number of fused-ring (bicyclic) bond motifs is 1. The van der Waals surface area contributed by atoms with Gasteiger partial charge < -0.3 is 9.64 Å². The molecule has 0 saturated heterocycles. The van der Waals surface area contributed by atoms with Gasteiger partial charge in [-0.3, -0.25) is 0 Å². The monoisotopic (exact) mass is 213 g/mol. The summed E-state index contributed by atoms with van der Waals surface area (Å²) in [6.07, 6.45) is 8.81. The van der Waals surface area contributed by atoms with Crippen LogP contribution in [0.1, 0.15) is 18.4 Å². The third-order valence-electron chi connectivity index (χ3n) is 3.11. The largest absolute Gasteiger partial charge is 0.473 e. The van der Waals surface area contributed by atoms with Crippen molar-refractivity contribution in [3.8, 4) is 5.75 Å². The molecule has 2 aliphatic rings. The van der Waals surface area contributed by atoms with Crippen molar-refractivity contribution in [2.45, 2.75) is 19.4 Å². The Labute approximate surface area is 95.8 Å². The number of allylic oxidation sites excluding steroid dienone is 4. The van der Waals surface area contributed by atoms with Gasteiger partial charge in [-0.1, -0.05) is 30.4 Å². The van der Waals surface area contributed by atoms with E-state index in [9.17, 15) is 0 Å². The van der Waals surface area contributed by atoms with Crippen LogP contribution in [0.5, 0.6) is 5.75 Å². The van der Waals surface area contributed by atoms with Crippen LogP contribution in [0.15, 0.2) is 48.2 Å². The second-order valence-corrected chi connectivity index (χ2v) is 4.20. The maximum atomic E-state index is 5.75. The van der Waals surface area contributed by atoms with E-state index in [4.69, 9.17) is 4.74 Å². The minimum atomic E-state index is 0.677. The molecule has 0 saturated carbocycles. The van der Waals surface area contributed by atoms with Crippen LogP contribution in [0.2, 0.25) is 0 Å². The molecule has 0 aromatic heterocycles. The number of para-hydroxylation sites is 1. The lowest BCUT2D eigenvalue weighted by Gasteiger charge is -2.33. The van der Waals surface area contributed by atoms with Crippen LogP contribution in [-0.4, -0.2) is 11.6 Å². The molecule has 0 atom stereocenters. The Morgan fingerprint density at radius 3 is 3.00 bits per heavy atom. The van der Waals surface area contributed by atoms with Gasteiger partial charge in [0.25, 0.3) is 0 Å². The molecule has 1 heterocycles. The fourth-order valence-corrected chi connectivity index (χ4v) is 2.21. The van der Waals surface area contributed by atoms with Crippen molar-refractivity contribution in [3.05, 3.63) is 53.8 Å². The predicted octanol–water partition coefficient (Wildman–Crippen LogP) is 3.07. The highest BCUT2D eigenvalue weighted by molar-refractivity contribution is 5.35. The molecule has 0 N–H and O–H groups in total. The van der Waals surface area contributed by atoms with E-state index >= 15 is 0 Å². The summed E-state index contributed by atoms with van der Waals surface area (Å²) >= 11 is 0. The van der Waals surface area contributed by atoms with Gasteiger partial charge in [0.2, 0.25) is 0 Å². The average Bonchev–Trinajstić information content (AvgIpc) is 2.39. The Bertz CT molecular complexity index is 448. The molecule has 82 valence electrons. The summed E-state index contributed by atoms with van der Waals surface area (Å²) in [6, 6.07) is 8.28. The summed E-state index contributed by atoms with van der Waals surface area (Å²) in [6.45, 7) is 1.65. The summed E-state index contributed by atoms with van der Waals surface area (Å²) in [5.74, 6) is 1.03. The van der Waals surface area contributed by atoms with E-state index in [-0.39, 0.29) is 0 Å². The van der Waals surface area contributed by atoms with Gasteiger partial charge in [-0.05, 0) is 25.0 Å². The van der Waals surface area contributed by atoms with Gasteiger partial charge in [0.15, 0.2) is 6.73 Å². The smallest absolute Gasteiger partial charge is 0.161 e. The Balaban J connectivity index is 1.82. The van der Waals surface area contributed by atoms with Crippen molar-refractivity contribution in [1.29, 1.82) is 0 Å². The average molecular weight is 213 g/mol. The summed E-state index contributed by atoms with van der Waals surface area (Å²) in [5.41, 5.74) is 2.67. The lowest BCUT2D eigenvalue weighted by Crippen LogP contribution is -2.31. The van der Waals surface area contributed by atoms with Gasteiger partial charge in [-0.25, -0.2) is 0 Å². The number of hydrogen-bond acceptors (Lipinski definition) is 2. The fourth-order valence-electron chi connectivity index (χ4n) is 2.21. The molecule has 2 heteroatoms. The summed E-state index contributed by atoms with van der Waals surface area (Å²) < 4.78 is 5.75. The SMILES string of the molecule is C1=CCCC(N2COc3ccccc3C2)=C1. The molecule has 1 aromatic carbocycles. The lowest BCUT2D eigenvalue weighted by molar-refractivity contribution is 0.124. The highest BCUT2D eigenvalue weighted by Crippen LogP contribution is 2.28. The first kappa shape index (κ1) is 9.52. The van der Waals surface area contributed by atoms with E-state index in [1.807, 2.05) is 12.1 Å². The number of benzene rings is 1. The Kier molecular flexibility index (Phi) is 2.41. The second kappa shape index (κ2) is 4.05. The Hall–Kier alpha value is -1.70. The van der Waals surface area contributed by atoms with Gasteiger partial charge in [0.05, 0.1) is 0 Å². The van der Waals surface area contributed by atoms with Crippen LogP contribution in [0.4, 0.5) is 0 Å². The molecule has 0 amide bonds. The van der Waals surface area contributed by atoms with Crippen molar-refractivity contribution in [1.82, 2.24) is 4.90 Å². The lowest BCUT2D eigenvalue weighted by atomic mass is 10.1. The summed E-state index contributed by atoms with van der Waals surface area (Å²) in [4.78, 5) is 2.31. The van der Waals surface area contributed by atoms with Crippen molar-refractivity contribution < 1.29 is 4.74 Å². The molecule has 0 unspecified atom stereocenters. The van der Waals surface area contributed by atoms with Gasteiger partial charge >= 0.3 is 0 Å². The van der Waals surface area contributed by atoms with Crippen LogP contribution in [0.25, 0.3) is 0 Å². The van der Waals surface area contributed by atoms with Crippen molar-refractivity contribution >= 4 is 0 Å². The third kappa shape index (κ3) is 1.71. The fraction of sp³-hybridized carbons (Fsp3) is 0.286. The topological polar surface area (TPSA) is 12.5 Å². The van der Waals surface area contributed by atoms with Crippen LogP contribution in [-0.2, 0) is 6.54 Å². The standard InChI is InChI=1S/C14H15NO/c1-2-7-13(8-3-1)15-10-12-6-4-5-9-14(12)16-11-15/h1-2,4-7,9H,3,8,10-11H2. The number of ether oxygens (including phenoxy) is 1. The molecule has 0 bridgehead atoms. The number of rotatable bonds is 1. The van der Waals surface area contributed by atoms with Crippen LogP contribution in [0.3, 0.4) is 0 Å². The van der Waals surface area contributed by atoms with Gasteiger partial charge in [-0.2, -0.15) is 0 Å². The van der Waals surface area contributed by atoms with Crippen molar-refractivity contribution in [2.75, 3.05) is 6.73 Å². The first-order chi connectivity index (χ1) is 7.93. The molecule has 1 aliphatic heterocycles. The predicted molar refractivity (Wildman–Crippen MR) is 63.9 cm³/mol. The Morgan fingerprint density at radius 1 is 1.19 bits per heavy atom. The highest BCUT2D eigenvalue weighted by atomic mass is 16.5. The maximum absolute atomic E-state index is 5.75. The zero-order valence-electron chi connectivity index (χ0n) is 9.23. The number of hydrogen-bond donors (Lipinski definition) is 0. The Morgan fingerprint density at radius 2 is 2.12 bits per heavy atom. The molecule has 1 aliphatic carbocycles.